The minimum Gasteiger partial charge on any atom is -0.337 e. The van der Waals surface area contributed by atoms with Crippen molar-refractivity contribution in [1.29, 1.82) is 0 Å². The lowest BCUT2D eigenvalue weighted by Crippen LogP contribution is -2.47. The molecule has 3 atom stereocenters. The van der Waals surface area contributed by atoms with E-state index in [1.165, 1.54) is 60.5 Å². The van der Waals surface area contributed by atoms with E-state index in [0.717, 1.165) is 51.1 Å². The highest BCUT2D eigenvalue weighted by molar-refractivity contribution is 6.23. The van der Waals surface area contributed by atoms with Crippen LogP contribution in [-0.2, 0) is 0 Å². The minimum atomic E-state index is -0.384. The van der Waals surface area contributed by atoms with Gasteiger partial charge in [0, 0.05) is 38.6 Å². The fourth-order valence-electron chi connectivity index (χ4n) is 10.8. The third-order valence-corrected chi connectivity index (χ3v) is 14.0. The first-order chi connectivity index (χ1) is 33.7. The Balaban J connectivity index is 1.07. The zero-order valence-corrected chi connectivity index (χ0v) is 37.4. The van der Waals surface area contributed by atoms with Crippen LogP contribution in [0.4, 0.5) is 0 Å². The summed E-state index contributed by atoms with van der Waals surface area (Å²) in [6.07, 6.45) is 9.25. The lowest BCUT2D eigenvalue weighted by atomic mass is 9.86. The van der Waals surface area contributed by atoms with Crippen LogP contribution in [0.3, 0.4) is 0 Å². The molecule has 0 amide bonds. The van der Waals surface area contributed by atoms with Gasteiger partial charge in [-0.2, -0.15) is 0 Å². The Morgan fingerprint density at radius 1 is 0.456 bits per heavy atom. The summed E-state index contributed by atoms with van der Waals surface area (Å²) < 4.78 is 5.05. The normalized spacial score (nSPS) is 16.9. The summed E-state index contributed by atoms with van der Waals surface area (Å²) >= 11 is 0. The SMILES string of the molecule is C1=CCC(c2ccccc2-c2ccc(-c3ccccc3)c(-n3c4ccccc4c4ccc5c6ccccc6n(C6NC(c7ccc(-c8ccccc8)cc7)=NC(c7ccccc7)N6)c5c43)c2)C=C1. The Labute approximate surface area is 395 Å². The largest absolute Gasteiger partial charge is 0.337 e. The topological polar surface area (TPSA) is 46.3 Å². The molecule has 1 aliphatic carbocycles. The maximum atomic E-state index is 5.40. The van der Waals surface area contributed by atoms with Crippen molar-refractivity contribution < 1.29 is 0 Å². The van der Waals surface area contributed by atoms with Crippen molar-refractivity contribution in [3.8, 4) is 39.1 Å². The van der Waals surface area contributed by atoms with Gasteiger partial charge in [-0.05, 0) is 63.6 Å². The molecule has 1 aliphatic heterocycles. The molecule has 5 heteroatoms. The molecule has 324 valence electrons. The van der Waals surface area contributed by atoms with Crippen LogP contribution < -0.4 is 10.6 Å². The van der Waals surface area contributed by atoms with Gasteiger partial charge in [-0.3, -0.25) is 5.32 Å². The van der Waals surface area contributed by atoms with Crippen LogP contribution in [0, 0.1) is 0 Å². The molecule has 0 bridgehead atoms. The molecule has 68 heavy (non-hydrogen) atoms. The predicted molar refractivity (Wildman–Crippen MR) is 283 cm³/mol. The second-order valence-electron chi connectivity index (χ2n) is 17.9. The van der Waals surface area contributed by atoms with E-state index >= 15 is 0 Å². The highest BCUT2D eigenvalue weighted by Gasteiger charge is 2.30. The van der Waals surface area contributed by atoms with Gasteiger partial charge in [-0.15, -0.1) is 0 Å². The average molecular weight is 874 g/mol. The number of allylic oxidation sites excluding steroid dienone is 4. The number of rotatable bonds is 8. The van der Waals surface area contributed by atoms with E-state index in [1.807, 2.05) is 0 Å². The Morgan fingerprint density at radius 2 is 1.06 bits per heavy atom. The predicted octanol–water partition coefficient (Wildman–Crippen LogP) is 15.3. The first-order valence-electron chi connectivity index (χ1n) is 23.6. The second-order valence-corrected chi connectivity index (χ2v) is 17.9. The van der Waals surface area contributed by atoms with Gasteiger partial charge in [-0.1, -0.05) is 224 Å². The van der Waals surface area contributed by atoms with Gasteiger partial charge < -0.3 is 14.5 Å². The first-order valence-corrected chi connectivity index (χ1v) is 23.6. The molecule has 2 aliphatic rings. The smallest absolute Gasteiger partial charge is 0.162 e. The van der Waals surface area contributed by atoms with Crippen LogP contribution >= 0.6 is 0 Å². The summed E-state index contributed by atoms with van der Waals surface area (Å²) in [5, 5.41) is 12.7. The zero-order valence-electron chi connectivity index (χ0n) is 37.4. The van der Waals surface area contributed by atoms with Gasteiger partial charge in [0.05, 0.1) is 27.8 Å². The molecule has 9 aromatic carbocycles. The molecule has 13 rings (SSSR count). The van der Waals surface area contributed by atoms with Crippen molar-refractivity contribution >= 4 is 49.4 Å². The molecule has 5 nitrogen and oxygen atoms in total. The van der Waals surface area contributed by atoms with E-state index in [1.54, 1.807) is 0 Å². The summed E-state index contributed by atoms with van der Waals surface area (Å²) in [4.78, 5) is 5.40. The van der Waals surface area contributed by atoms with Crippen LogP contribution in [0.1, 0.15) is 41.5 Å². The fourth-order valence-corrected chi connectivity index (χ4v) is 10.8. The molecule has 0 saturated carbocycles. The standard InChI is InChI=1S/C63H47N5/c1-5-19-42(20-6-1)43-33-35-47(36-34-43)62-64-61(46-25-11-4-12-26-46)65-63(66-62)68-57-32-18-16-30-53(57)55-40-39-54-52-29-15-17-31-56(52)67(59(54)60(55)68)58-41-48(37-38-51(58)45-23-9-3-10-24-45)50-28-14-13-27-49(50)44-21-7-2-8-22-44/h1-21,23-41,44,61,63,65H,22H2,(H,64,66). The highest BCUT2D eigenvalue weighted by Crippen LogP contribution is 2.45. The number of aliphatic imine (C=N–C) groups is 1. The van der Waals surface area contributed by atoms with Gasteiger partial charge in [-0.25, -0.2) is 4.99 Å². The third kappa shape index (κ3) is 6.78. The quantitative estimate of drug-likeness (QED) is 0.160. The molecule has 0 spiro atoms. The minimum absolute atomic E-state index is 0.308. The highest BCUT2D eigenvalue weighted by atomic mass is 15.4. The van der Waals surface area contributed by atoms with Crippen molar-refractivity contribution in [1.82, 2.24) is 19.8 Å². The van der Waals surface area contributed by atoms with E-state index in [4.69, 9.17) is 4.99 Å². The summed E-state index contributed by atoms with van der Waals surface area (Å²) in [6, 6.07) is 79.3. The summed E-state index contributed by atoms with van der Waals surface area (Å²) in [5.74, 6) is 1.14. The third-order valence-electron chi connectivity index (χ3n) is 14.0. The molecule has 2 N–H and O–H groups in total. The number of nitrogens with zero attached hydrogens (tertiary/aromatic N) is 3. The second kappa shape index (κ2) is 16.7. The molecule has 0 radical (unpaired) electrons. The number of hydrogen-bond acceptors (Lipinski definition) is 3. The van der Waals surface area contributed by atoms with Crippen LogP contribution in [0.15, 0.2) is 248 Å². The average Bonchev–Trinajstić information content (AvgIpc) is 3.95. The molecular weight excluding hydrogens is 827 g/mol. The maximum absolute atomic E-state index is 5.40. The number of fused-ring (bicyclic) bond motifs is 7. The molecule has 0 saturated heterocycles. The Hall–Kier alpha value is -8.51. The van der Waals surface area contributed by atoms with Gasteiger partial charge in [0.1, 0.15) is 12.0 Å². The first kappa shape index (κ1) is 39.8. The fraction of sp³-hybridized carbons (Fsp3) is 0.0635. The monoisotopic (exact) mass is 873 g/mol. The number of aromatic nitrogens is 2. The van der Waals surface area contributed by atoms with Gasteiger partial charge >= 0.3 is 0 Å². The van der Waals surface area contributed by atoms with Crippen molar-refractivity contribution in [3.63, 3.8) is 0 Å². The Bertz CT molecular complexity index is 3770. The molecule has 11 aromatic rings. The van der Waals surface area contributed by atoms with Crippen LogP contribution in [0.5, 0.6) is 0 Å². The summed E-state index contributed by atoms with van der Waals surface area (Å²) in [6.45, 7) is 0. The van der Waals surface area contributed by atoms with Crippen molar-refractivity contribution in [2.75, 3.05) is 0 Å². The van der Waals surface area contributed by atoms with E-state index < -0.39 is 0 Å². The molecule has 3 heterocycles. The summed E-state index contributed by atoms with van der Waals surface area (Å²) in [7, 11) is 0. The maximum Gasteiger partial charge on any atom is 0.162 e. The number of para-hydroxylation sites is 2. The molecule has 2 aromatic heterocycles. The van der Waals surface area contributed by atoms with Crippen LogP contribution in [0.25, 0.3) is 82.7 Å². The van der Waals surface area contributed by atoms with Crippen molar-refractivity contribution in [3.05, 3.63) is 259 Å². The van der Waals surface area contributed by atoms with Gasteiger partial charge in [0.25, 0.3) is 0 Å². The number of benzene rings is 9. The molecule has 3 unspecified atom stereocenters. The number of amidine groups is 1. The lowest BCUT2D eigenvalue weighted by Gasteiger charge is -2.33. The summed E-state index contributed by atoms with van der Waals surface area (Å²) in [5.41, 5.74) is 16.3. The molecule has 0 fully saturated rings. The number of nitrogens with one attached hydrogen (secondary N) is 2. The Morgan fingerprint density at radius 3 is 1.81 bits per heavy atom. The Kier molecular flexibility index (Phi) is 9.80. The molecular formula is C63H47N5. The van der Waals surface area contributed by atoms with Crippen molar-refractivity contribution in [2.45, 2.75) is 24.8 Å². The van der Waals surface area contributed by atoms with E-state index in [0.29, 0.717) is 5.92 Å². The van der Waals surface area contributed by atoms with Gasteiger partial charge in [0.15, 0.2) is 6.29 Å². The van der Waals surface area contributed by atoms with Gasteiger partial charge in [0.2, 0.25) is 0 Å². The van der Waals surface area contributed by atoms with Crippen LogP contribution in [-0.4, -0.2) is 15.0 Å². The van der Waals surface area contributed by atoms with E-state index in [-0.39, 0.29) is 12.5 Å². The van der Waals surface area contributed by atoms with E-state index in [9.17, 15) is 0 Å². The van der Waals surface area contributed by atoms with Crippen LogP contribution in [0.2, 0.25) is 0 Å². The van der Waals surface area contributed by atoms with Crippen molar-refractivity contribution in [2.24, 2.45) is 4.99 Å². The lowest BCUT2D eigenvalue weighted by molar-refractivity contribution is 0.330. The number of hydrogen-bond donors (Lipinski definition) is 2. The zero-order chi connectivity index (χ0) is 45.0. The van der Waals surface area contributed by atoms with E-state index in [2.05, 4.69) is 262 Å².